The summed E-state index contributed by atoms with van der Waals surface area (Å²) in [6.45, 7) is 0. The molecule has 14 nitrogen and oxygen atoms in total. The molecule has 4 unspecified atom stereocenters. The molecule has 0 heterocycles. The second-order valence-electron chi connectivity index (χ2n) is 7.78. The molecule has 0 saturated heterocycles. The summed E-state index contributed by atoms with van der Waals surface area (Å²) >= 11 is 4.03. The fourth-order valence-corrected chi connectivity index (χ4v) is 3.18. The standard InChI is InChI=1S/C21H29N5O9S/c22-12(7-10-1-3-11(27)4-2-10)18(31)26-15(9-36)20(33)24-13(5-6-16(23)28)19(32)25-14(21(34)35)8-17(29)30/h1-4,12-15,27,36H,5-9,22H2,(H2,23,28)(H,24,33)(H,25,32)(H,26,31)(H,29,30)(H,34,35). The van der Waals surface area contributed by atoms with Gasteiger partial charge in [0.25, 0.3) is 0 Å². The molecule has 0 spiro atoms. The highest BCUT2D eigenvalue weighted by molar-refractivity contribution is 7.80. The summed E-state index contributed by atoms with van der Waals surface area (Å²) in [5, 5.41) is 34.0. The SMILES string of the molecule is NC(=O)CCC(NC(=O)C(CS)NC(=O)C(N)Cc1ccc(O)cc1)C(=O)NC(CC(=O)O)C(=O)O. The first-order valence-electron chi connectivity index (χ1n) is 10.6. The van der Waals surface area contributed by atoms with Crippen LogP contribution in [0.1, 0.15) is 24.8 Å². The average Bonchev–Trinajstić information content (AvgIpc) is 2.80. The number of thiol groups is 1. The topological polar surface area (TPSA) is 251 Å². The molecule has 1 rings (SSSR count). The number of phenolic OH excluding ortho intramolecular Hbond substituents is 1. The van der Waals surface area contributed by atoms with Gasteiger partial charge in [-0.25, -0.2) is 4.79 Å². The van der Waals surface area contributed by atoms with E-state index >= 15 is 0 Å². The number of aromatic hydroxyl groups is 1. The molecule has 0 aliphatic rings. The van der Waals surface area contributed by atoms with E-state index in [1.807, 2.05) is 5.32 Å². The van der Waals surface area contributed by atoms with E-state index in [0.29, 0.717) is 5.56 Å². The number of carbonyl (C=O) groups excluding carboxylic acids is 4. The van der Waals surface area contributed by atoms with Gasteiger partial charge in [-0.05, 0) is 30.5 Å². The molecule has 0 aromatic heterocycles. The molecule has 15 heteroatoms. The van der Waals surface area contributed by atoms with Crippen molar-refractivity contribution in [3.63, 3.8) is 0 Å². The number of hydrogen-bond donors (Lipinski definition) is 9. The third-order valence-corrected chi connectivity index (χ3v) is 5.22. The molecule has 0 radical (unpaired) electrons. The third-order valence-electron chi connectivity index (χ3n) is 4.85. The van der Waals surface area contributed by atoms with Crippen molar-refractivity contribution in [2.45, 2.75) is 49.9 Å². The first-order chi connectivity index (χ1) is 16.8. The minimum absolute atomic E-state index is 0.0381. The fraction of sp³-hybridized carbons (Fsp3) is 0.429. The van der Waals surface area contributed by atoms with Crippen molar-refractivity contribution >= 4 is 48.2 Å². The molecule has 0 bridgehead atoms. The highest BCUT2D eigenvalue weighted by Gasteiger charge is 2.31. The molecule has 0 aliphatic carbocycles. The highest BCUT2D eigenvalue weighted by Crippen LogP contribution is 2.11. The number of primary amides is 1. The number of carbonyl (C=O) groups is 6. The van der Waals surface area contributed by atoms with E-state index in [0.717, 1.165) is 0 Å². The van der Waals surface area contributed by atoms with Gasteiger partial charge in [-0.2, -0.15) is 12.6 Å². The summed E-state index contributed by atoms with van der Waals surface area (Å²) in [6, 6.07) is 0.408. The lowest BCUT2D eigenvalue weighted by Gasteiger charge is -2.24. The largest absolute Gasteiger partial charge is 0.508 e. The fourth-order valence-electron chi connectivity index (χ4n) is 2.93. The van der Waals surface area contributed by atoms with Crippen LogP contribution in [0.2, 0.25) is 0 Å². The maximum Gasteiger partial charge on any atom is 0.326 e. The van der Waals surface area contributed by atoms with E-state index < -0.39 is 66.2 Å². The predicted molar refractivity (Wildman–Crippen MR) is 128 cm³/mol. The molecule has 1 aromatic rings. The van der Waals surface area contributed by atoms with E-state index in [1.54, 1.807) is 12.1 Å². The maximum absolute atomic E-state index is 12.7. The van der Waals surface area contributed by atoms with Gasteiger partial charge < -0.3 is 42.7 Å². The molecule has 4 atom stereocenters. The number of phenols is 1. The summed E-state index contributed by atoms with van der Waals surface area (Å²) in [6.07, 6.45) is -1.51. The van der Waals surface area contributed by atoms with Gasteiger partial charge >= 0.3 is 11.9 Å². The first kappa shape index (κ1) is 30.2. The Labute approximate surface area is 211 Å². The summed E-state index contributed by atoms with van der Waals surface area (Å²) < 4.78 is 0. The van der Waals surface area contributed by atoms with Gasteiger partial charge in [0.15, 0.2) is 0 Å². The monoisotopic (exact) mass is 527 g/mol. The van der Waals surface area contributed by atoms with Crippen molar-refractivity contribution in [2.75, 3.05) is 5.75 Å². The van der Waals surface area contributed by atoms with E-state index in [4.69, 9.17) is 21.7 Å². The normalized spacial score (nSPS) is 13.9. The Bertz CT molecular complexity index is 973. The molecule has 4 amide bonds. The van der Waals surface area contributed by atoms with Gasteiger partial charge in [-0.1, -0.05) is 12.1 Å². The zero-order valence-corrected chi connectivity index (χ0v) is 19.9. The molecule has 10 N–H and O–H groups in total. The third kappa shape index (κ3) is 10.6. The van der Waals surface area contributed by atoms with Crippen molar-refractivity contribution in [3.8, 4) is 5.75 Å². The molecular weight excluding hydrogens is 498 g/mol. The van der Waals surface area contributed by atoms with Crippen LogP contribution in [0, 0.1) is 0 Å². The number of carboxylic acid groups (broad SMARTS) is 2. The van der Waals surface area contributed by atoms with Crippen LogP contribution in [0.15, 0.2) is 24.3 Å². The van der Waals surface area contributed by atoms with Crippen LogP contribution < -0.4 is 27.4 Å². The van der Waals surface area contributed by atoms with Gasteiger partial charge in [0.2, 0.25) is 23.6 Å². The van der Waals surface area contributed by atoms with Crippen molar-refractivity contribution in [2.24, 2.45) is 11.5 Å². The van der Waals surface area contributed by atoms with Gasteiger partial charge in [0.1, 0.15) is 23.9 Å². The zero-order valence-electron chi connectivity index (χ0n) is 19.0. The quantitative estimate of drug-likeness (QED) is 0.108. The summed E-state index contributed by atoms with van der Waals surface area (Å²) in [7, 11) is 0. The van der Waals surface area contributed by atoms with Gasteiger partial charge in [-0.3, -0.25) is 24.0 Å². The van der Waals surface area contributed by atoms with Gasteiger partial charge in [0, 0.05) is 12.2 Å². The van der Waals surface area contributed by atoms with Crippen LogP contribution in [-0.4, -0.2) is 80.8 Å². The van der Waals surface area contributed by atoms with Crippen LogP contribution in [0.5, 0.6) is 5.75 Å². The Morgan fingerprint density at radius 3 is 1.89 bits per heavy atom. The molecule has 0 fully saturated rings. The lowest BCUT2D eigenvalue weighted by molar-refractivity contribution is -0.147. The van der Waals surface area contributed by atoms with Crippen molar-refractivity contribution in [1.29, 1.82) is 0 Å². The van der Waals surface area contributed by atoms with E-state index in [1.165, 1.54) is 12.1 Å². The van der Waals surface area contributed by atoms with Crippen LogP contribution in [0.4, 0.5) is 0 Å². The Balaban J connectivity index is 2.88. The zero-order chi connectivity index (χ0) is 27.4. The smallest absolute Gasteiger partial charge is 0.326 e. The second-order valence-corrected chi connectivity index (χ2v) is 8.15. The molecular formula is C21H29N5O9S. The number of nitrogens with one attached hydrogen (secondary N) is 3. The maximum atomic E-state index is 12.7. The van der Waals surface area contributed by atoms with Crippen molar-refractivity contribution in [1.82, 2.24) is 16.0 Å². The summed E-state index contributed by atoms with van der Waals surface area (Å²) in [4.78, 5) is 71.1. The Morgan fingerprint density at radius 2 is 1.39 bits per heavy atom. The molecule has 36 heavy (non-hydrogen) atoms. The molecule has 0 saturated carbocycles. The lowest BCUT2D eigenvalue weighted by atomic mass is 10.1. The Hall–Kier alpha value is -3.85. The number of nitrogens with two attached hydrogens (primary N) is 2. The predicted octanol–water partition coefficient (Wildman–Crippen LogP) is -2.53. The number of carboxylic acids is 2. The van der Waals surface area contributed by atoms with Crippen molar-refractivity contribution < 1.29 is 44.1 Å². The summed E-state index contributed by atoms with van der Waals surface area (Å²) in [5.74, 6) is -6.72. The number of benzene rings is 1. The second kappa shape index (κ2) is 14.5. The summed E-state index contributed by atoms with van der Waals surface area (Å²) in [5.41, 5.74) is 11.6. The minimum atomic E-state index is -1.79. The van der Waals surface area contributed by atoms with E-state index in [-0.39, 0.29) is 30.8 Å². The lowest BCUT2D eigenvalue weighted by Crippen LogP contribution is -2.58. The van der Waals surface area contributed by atoms with Crippen molar-refractivity contribution in [3.05, 3.63) is 29.8 Å². The van der Waals surface area contributed by atoms with Gasteiger partial charge in [-0.15, -0.1) is 0 Å². The van der Waals surface area contributed by atoms with Crippen LogP contribution in [0.25, 0.3) is 0 Å². The molecule has 0 aliphatic heterocycles. The Morgan fingerprint density at radius 1 is 0.861 bits per heavy atom. The number of hydrogen-bond acceptors (Lipinski definition) is 9. The minimum Gasteiger partial charge on any atom is -0.508 e. The highest BCUT2D eigenvalue weighted by atomic mass is 32.1. The molecule has 198 valence electrons. The average molecular weight is 528 g/mol. The first-order valence-corrected chi connectivity index (χ1v) is 11.3. The number of aliphatic carboxylic acids is 2. The number of rotatable bonds is 15. The van der Waals surface area contributed by atoms with E-state index in [9.17, 15) is 33.9 Å². The van der Waals surface area contributed by atoms with E-state index in [2.05, 4.69) is 23.3 Å². The number of amides is 4. The van der Waals surface area contributed by atoms with Crippen LogP contribution in [-0.2, 0) is 35.2 Å². The van der Waals surface area contributed by atoms with Gasteiger partial charge in [0.05, 0.1) is 12.5 Å². The van der Waals surface area contributed by atoms with Crippen LogP contribution >= 0.6 is 12.6 Å². The Kier molecular flexibility index (Phi) is 12.2. The molecule has 1 aromatic carbocycles. The van der Waals surface area contributed by atoms with Crippen LogP contribution in [0.3, 0.4) is 0 Å².